The number of fused-ring (bicyclic) bond motifs is 1. The van der Waals surface area contributed by atoms with Crippen molar-refractivity contribution in [1.82, 2.24) is 14.9 Å². The summed E-state index contributed by atoms with van der Waals surface area (Å²) >= 11 is 6.13. The first-order valence-electron chi connectivity index (χ1n) is 7.49. The molecule has 20 heavy (non-hydrogen) atoms. The van der Waals surface area contributed by atoms with Gasteiger partial charge in [-0.3, -0.25) is 0 Å². The van der Waals surface area contributed by atoms with Crippen molar-refractivity contribution >= 4 is 22.6 Å². The molecule has 1 fully saturated rings. The molecule has 0 aliphatic carbocycles. The fourth-order valence-electron chi connectivity index (χ4n) is 3.61. The van der Waals surface area contributed by atoms with Crippen LogP contribution >= 0.6 is 11.6 Å². The molecule has 1 aliphatic rings. The van der Waals surface area contributed by atoms with Crippen LogP contribution in [0.25, 0.3) is 11.0 Å². The average molecular weight is 292 g/mol. The van der Waals surface area contributed by atoms with Crippen molar-refractivity contribution in [3.8, 4) is 0 Å². The van der Waals surface area contributed by atoms with Gasteiger partial charge >= 0.3 is 0 Å². The summed E-state index contributed by atoms with van der Waals surface area (Å²) in [4.78, 5) is 4.94. The summed E-state index contributed by atoms with van der Waals surface area (Å²) in [5.74, 6) is 1.23. The molecule has 1 N–H and O–H groups in total. The lowest BCUT2D eigenvalue weighted by molar-refractivity contribution is 0.266. The van der Waals surface area contributed by atoms with Crippen molar-refractivity contribution in [3.05, 3.63) is 29.0 Å². The first kappa shape index (κ1) is 13.9. The highest BCUT2D eigenvalue weighted by molar-refractivity contribution is 6.31. The summed E-state index contributed by atoms with van der Waals surface area (Å²) < 4.78 is 2.25. The van der Waals surface area contributed by atoms with E-state index in [0.717, 1.165) is 29.1 Å². The molecule has 4 heteroatoms. The Bertz CT molecular complexity index is 606. The number of benzene rings is 1. The summed E-state index contributed by atoms with van der Waals surface area (Å²) in [6.45, 7) is 4.44. The van der Waals surface area contributed by atoms with E-state index in [-0.39, 0.29) is 5.41 Å². The first-order valence-corrected chi connectivity index (χ1v) is 7.87. The van der Waals surface area contributed by atoms with E-state index in [4.69, 9.17) is 16.6 Å². The molecule has 3 rings (SSSR count). The number of piperidine rings is 1. The van der Waals surface area contributed by atoms with Gasteiger partial charge in [-0.2, -0.15) is 0 Å². The monoisotopic (exact) mass is 291 g/mol. The lowest BCUT2D eigenvalue weighted by Crippen LogP contribution is -2.41. The number of aromatic nitrogens is 2. The molecule has 0 radical (unpaired) electrons. The molecule has 2 aromatic rings. The zero-order valence-electron chi connectivity index (χ0n) is 12.2. The third-order valence-corrected chi connectivity index (χ3v) is 4.84. The fourth-order valence-corrected chi connectivity index (χ4v) is 3.77. The minimum absolute atomic E-state index is 0.222. The largest absolute Gasteiger partial charge is 0.331 e. The highest BCUT2D eigenvalue weighted by atomic mass is 35.5. The molecule has 1 saturated heterocycles. The maximum atomic E-state index is 6.13. The van der Waals surface area contributed by atoms with E-state index >= 15 is 0 Å². The van der Waals surface area contributed by atoms with Crippen LogP contribution in [0.1, 0.15) is 38.4 Å². The number of nitrogens with zero attached hydrogens (tertiary/aromatic N) is 2. The number of hydrogen-bond acceptors (Lipinski definition) is 2. The van der Waals surface area contributed by atoms with E-state index in [1.54, 1.807) is 0 Å². The number of aryl methyl sites for hydroxylation is 1. The highest BCUT2D eigenvalue weighted by Gasteiger charge is 2.37. The second-order valence-electron chi connectivity index (χ2n) is 5.91. The summed E-state index contributed by atoms with van der Waals surface area (Å²) in [6.07, 6.45) is 4.75. The Morgan fingerprint density at radius 3 is 2.80 bits per heavy atom. The molecular formula is C16H22ClN3. The Labute approximate surface area is 125 Å². The Morgan fingerprint density at radius 1 is 1.35 bits per heavy atom. The fraction of sp³-hybridized carbons (Fsp3) is 0.562. The molecule has 0 unspecified atom stereocenters. The van der Waals surface area contributed by atoms with Gasteiger partial charge in [-0.1, -0.05) is 24.9 Å². The zero-order chi connectivity index (χ0) is 14.2. The van der Waals surface area contributed by atoms with Crippen molar-refractivity contribution in [2.45, 2.75) is 38.0 Å². The quantitative estimate of drug-likeness (QED) is 0.935. The van der Waals surface area contributed by atoms with Crippen molar-refractivity contribution in [2.75, 3.05) is 13.1 Å². The summed E-state index contributed by atoms with van der Waals surface area (Å²) in [5, 5.41) is 4.25. The van der Waals surface area contributed by atoms with Crippen LogP contribution in [0.3, 0.4) is 0 Å². The molecule has 0 amide bonds. The molecule has 0 saturated carbocycles. The number of rotatable bonds is 3. The summed E-state index contributed by atoms with van der Waals surface area (Å²) in [6, 6.07) is 5.98. The normalized spacial score (nSPS) is 18.6. The smallest absolute Gasteiger partial charge is 0.115 e. The highest BCUT2D eigenvalue weighted by Crippen LogP contribution is 2.38. The molecule has 108 valence electrons. The van der Waals surface area contributed by atoms with Crippen LogP contribution in [0.2, 0.25) is 5.02 Å². The van der Waals surface area contributed by atoms with Gasteiger partial charge in [0.2, 0.25) is 0 Å². The van der Waals surface area contributed by atoms with Crippen molar-refractivity contribution in [3.63, 3.8) is 0 Å². The molecule has 1 aromatic carbocycles. The van der Waals surface area contributed by atoms with Gasteiger partial charge in [0.05, 0.1) is 11.0 Å². The zero-order valence-corrected chi connectivity index (χ0v) is 13.0. The molecular weight excluding hydrogens is 270 g/mol. The van der Waals surface area contributed by atoms with Gasteiger partial charge in [0.1, 0.15) is 5.82 Å². The third-order valence-electron chi connectivity index (χ3n) is 4.61. The molecule has 3 nitrogen and oxygen atoms in total. The average Bonchev–Trinajstić information content (AvgIpc) is 2.78. The Morgan fingerprint density at radius 2 is 2.10 bits per heavy atom. The number of halogens is 1. The lowest BCUT2D eigenvalue weighted by atomic mass is 9.74. The molecule has 0 atom stereocenters. The minimum atomic E-state index is 0.222. The van der Waals surface area contributed by atoms with Crippen LogP contribution in [0.15, 0.2) is 18.2 Å². The molecule has 2 heterocycles. The van der Waals surface area contributed by atoms with Crippen molar-refractivity contribution in [2.24, 2.45) is 7.05 Å². The van der Waals surface area contributed by atoms with Crippen molar-refractivity contribution in [1.29, 1.82) is 0 Å². The van der Waals surface area contributed by atoms with E-state index in [9.17, 15) is 0 Å². The van der Waals surface area contributed by atoms with Gasteiger partial charge in [0.15, 0.2) is 0 Å². The van der Waals surface area contributed by atoms with E-state index in [0.29, 0.717) is 0 Å². The lowest BCUT2D eigenvalue weighted by Gasteiger charge is -2.37. The molecule has 1 aromatic heterocycles. The van der Waals surface area contributed by atoms with Gasteiger partial charge in [0.25, 0.3) is 0 Å². The Kier molecular flexibility index (Phi) is 3.74. The summed E-state index contributed by atoms with van der Waals surface area (Å²) in [7, 11) is 2.13. The second-order valence-corrected chi connectivity index (χ2v) is 6.34. The van der Waals surface area contributed by atoms with Gasteiger partial charge < -0.3 is 9.88 Å². The van der Waals surface area contributed by atoms with E-state index < -0.39 is 0 Å². The molecule has 0 spiro atoms. The van der Waals surface area contributed by atoms with E-state index in [1.807, 2.05) is 18.2 Å². The minimum Gasteiger partial charge on any atom is -0.331 e. The van der Waals surface area contributed by atoms with Gasteiger partial charge in [-0.15, -0.1) is 0 Å². The van der Waals surface area contributed by atoms with E-state index in [1.165, 1.54) is 31.5 Å². The van der Waals surface area contributed by atoms with Crippen LogP contribution in [-0.2, 0) is 12.5 Å². The topological polar surface area (TPSA) is 29.9 Å². The molecule has 0 bridgehead atoms. The van der Waals surface area contributed by atoms with Gasteiger partial charge in [-0.05, 0) is 50.6 Å². The van der Waals surface area contributed by atoms with Gasteiger partial charge in [0, 0.05) is 17.5 Å². The number of hydrogen-bond donors (Lipinski definition) is 1. The first-order chi connectivity index (χ1) is 9.66. The maximum Gasteiger partial charge on any atom is 0.115 e. The number of imidazole rings is 1. The SMILES string of the molecule is CCCC1(c2nc3ccc(Cl)cc3n2C)CCNCC1. The maximum absolute atomic E-state index is 6.13. The van der Waals surface area contributed by atoms with E-state index in [2.05, 4.69) is 23.9 Å². The van der Waals surface area contributed by atoms with Crippen LogP contribution in [0.4, 0.5) is 0 Å². The Hall–Kier alpha value is -1.06. The predicted molar refractivity (Wildman–Crippen MR) is 84.4 cm³/mol. The van der Waals surface area contributed by atoms with Crippen LogP contribution in [0, 0.1) is 0 Å². The van der Waals surface area contributed by atoms with Crippen LogP contribution < -0.4 is 5.32 Å². The Balaban J connectivity index is 2.13. The predicted octanol–water partition coefficient (Wildman–Crippen LogP) is 3.65. The second kappa shape index (κ2) is 5.38. The third kappa shape index (κ3) is 2.23. The number of nitrogens with one attached hydrogen (secondary N) is 1. The summed E-state index contributed by atoms with van der Waals surface area (Å²) in [5.41, 5.74) is 2.42. The molecule has 1 aliphatic heterocycles. The van der Waals surface area contributed by atoms with Crippen molar-refractivity contribution < 1.29 is 0 Å². The van der Waals surface area contributed by atoms with Gasteiger partial charge in [-0.25, -0.2) is 4.98 Å². The van der Waals surface area contributed by atoms with Crippen LogP contribution in [0.5, 0.6) is 0 Å². The van der Waals surface area contributed by atoms with Crippen LogP contribution in [-0.4, -0.2) is 22.6 Å². The standard InChI is InChI=1S/C16H22ClN3/c1-3-6-16(7-9-18-10-8-16)15-19-13-5-4-12(17)11-14(13)20(15)2/h4-5,11,18H,3,6-10H2,1-2H3.